The van der Waals surface area contributed by atoms with E-state index in [2.05, 4.69) is 59.6 Å². The Balaban J connectivity index is 1.93. The van der Waals surface area contributed by atoms with E-state index < -0.39 is 0 Å². The lowest BCUT2D eigenvalue weighted by atomic mass is 9.91. The zero-order chi connectivity index (χ0) is 16.5. The number of aromatic amines is 1. The molecule has 4 aromatic rings. The number of nitrogens with zero attached hydrogens (tertiary/aromatic N) is 1. The molecular formula is C21H17ClN2. The fourth-order valence-electron chi connectivity index (χ4n) is 3.17. The van der Waals surface area contributed by atoms with Crippen molar-refractivity contribution in [2.75, 3.05) is 0 Å². The molecule has 1 heterocycles. The Bertz CT molecular complexity index is 935. The zero-order valence-corrected chi connectivity index (χ0v) is 14.1. The summed E-state index contributed by atoms with van der Waals surface area (Å²) in [5.74, 6) is 0.964. The number of halogens is 1. The van der Waals surface area contributed by atoms with Crippen LogP contribution in [0, 0.1) is 6.92 Å². The number of fused-ring (bicyclic) bond motifs is 1. The average Bonchev–Trinajstić information content (AvgIpc) is 3.01. The summed E-state index contributed by atoms with van der Waals surface area (Å²) in [6.45, 7) is 2.04. The van der Waals surface area contributed by atoms with Gasteiger partial charge in [0.2, 0.25) is 0 Å². The molecule has 0 saturated carbocycles. The van der Waals surface area contributed by atoms with E-state index in [0.717, 1.165) is 22.4 Å². The van der Waals surface area contributed by atoms with E-state index in [1.165, 1.54) is 11.1 Å². The molecule has 0 saturated heterocycles. The number of imidazole rings is 1. The predicted octanol–water partition coefficient (Wildman–Crippen LogP) is 5.70. The van der Waals surface area contributed by atoms with Crippen LogP contribution >= 0.6 is 11.6 Å². The lowest BCUT2D eigenvalue weighted by molar-refractivity contribution is 0.891. The molecule has 3 heteroatoms. The first-order chi connectivity index (χ1) is 11.7. The molecule has 4 rings (SSSR count). The molecule has 0 amide bonds. The Labute approximate surface area is 146 Å². The van der Waals surface area contributed by atoms with Gasteiger partial charge in [-0.25, -0.2) is 4.98 Å². The largest absolute Gasteiger partial charge is 0.341 e. The van der Waals surface area contributed by atoms with Gasteiger partial charge in [-0.1, -0.05) is 72.3 Å². The van der Waals surface area contributed by atoms with Crippen molar-refractivity contribution in [1.29, 1.82) is 0 Å². The minimum absolute atomic E-state index is 0.0520. The summed E-state index contributed by atoms with van der Waals surface area (Å²) in [5, 5.41) is 0.687. The number of hydrogen-bond donors (Lipinski definition) is 1. The second kappa shape index (κ2) is 6.14. The Morgan fingerprint density at radius 1 is 0.875 bits per heavy atom. The van der Waals surface area contributed by atoms with Crippen LogP contribution in [0.1, 0.15) is 28.4 Å². The van der Waals surface area contributed by atoms with E-state index in [1.54, 1.807) is 0 Å². The molecule has 2 nitrogen and oxygen atoms in total. The van der Waals surface area contributed by atoms with E-state index in [0.29, 0.717) is 5.02 Å². The molecule has 0 aliphatic rings. The number of rotatable bonds is 3. The van der Waals surface area contributed by atoms with E-state index in [4.69, 9.17) is 16.6 Å². The van der Waals surface area contributed by atoms with Gasteiger partial charge in [-0.2, -0.15) is 0 Å². The highest BCUT2D eigenvalue weighted by Crippen LogP contribution is 2.33. The van der Waals surface area contributed by atoms with Crippen LogP contribution in [0.3, 0.4) is 0 Å². The zero-order valence-electron chi connectivity index (χ0n) is 13.3. The number of aryl methyl sites for hydroxylation is 1. The van der Waals surface area contributed by atoms with Gasteiger partial charge >= 0.3 is 0 Å². The molecule has 0 atom stereocenters. The Hall–Kier alpha value is -2.58. The summed E-state index contributed by atoms with van der Waals surface area (Å²) in [4.78, 5) is 8.30. The van der Waals surface area contributed by atoms with Crippen molar-refractivity contribution in [3.63, 3.8) is 0 Å². The number of aromatic nitrogens is 2. The van der Waals surface area contributed by atoms with Crippen molar-refractivity contribution in [1.82, 2.24) is 9.97 Å². The maximum atomic E-state index is 6.39. The van der Waals surface area contributed by atoms with Gasteiger partial charge in [-0.3, -0.25) is 0 Å². The fraction of sp³-hybridized carbons (Fsp3) is 0.0952. The SMILES string of the molecule is Cc1cc(Cl)c2nc(C(c3ccccc3)c3ccccc3)[nH]c2c1. The number of benzene rings is 3. The minimum Gasteiger partial charge on any atom is -0.341 e. The summed E-state index contributed by atoms with van der Waals surface area (Å²) in [7, 11) is 0. The lowest BCUT2D eigenvalue weighted by Gasteiger charge is -2.15. The summed E-state index contributed by atoms with van der Waals surface area (Å²) in [5.41, 5.74) is 5.34. The van der Waals surface area contributed by atoms with Crippen LogP contribution in [0.25, 0.3) is 11.0 Å². The van der Waals surface area contributed by atoms with Crippen LogP contribution in [0.15, 0.2) is 72.8 Å². The normalized spacial score (nSPS) is 11.3. The maximum Gasteiger partial charge on any atom is 0.119 e. The van der Waals surface area contributed by atoms with Gasteiger partial charge in [-0.05, 0) is 35.7 Å². The summed E-state index contributed by atoms with van der Waals surface area (Å²) < 4.78 is 0. The topological polar surface area (TPSA) is 28.7 Å². The minimum atomic E-state index is 0.0520. The second-order valence-electron chi connectivity index (χ2n) is 6.02. The number of nitrogens with one attached hydrogen (secondary N) is 1. The maximum absolute atomic E-state index is 6.39. The summed E-state index contributed by atoms with van der Waals surface area (Å²) >= 11 is 6.39. The lowest BCUT2D eigenvalue weighted by Crippen LogP contribution is -2.05. The van der Waals surface area contributed by atoms with Gasteiger partial charge in [-0.15, -0.1) is 0 Å². The molecule has 118 valence electrons. The number of hydrogen-bond acceptors (Lipinski definition) is 1. The van der Waals surface area contributed by atoms with E-state index >= 15 is 0 Å². The highest BCUT2D eigenvalue weighted by Gasteiger charge is 2.20. The van der Waals surface area contributed by atoms with Gasteiger partial charge in [0.15, 0.2) is 0 Å². The van der Waals surface area contributed by atoms with Crippen molar-refractivity contribution < 1.29 is 0 Å². The van der Waals surface area contributed by atoms with Crippen LogP contribution in [0.4, 0.5) is 0 Å². The Morgan fingerprint density at radius 3 is 2.04 bits per heavy atom. The van der Waals surface area contributed by atoms with Crippen molar-refractivity contribution >= 4 is 22.6 Å². The monoisotopic (exact) mass is 332 g/mol. The van der Waals surface area contributed by atoms with Gasteiger partial charge in [0.05, 0.1) is 16.5 Å². The molecular weight excluding hydrogens is 316 g/mol. The third kappa shape index (κ3) is 2.70. The van der Waals surface area contributed by atoms with Gasteiger partial charge in [0.1, 0.15) is 11.3 Å². The smallest absolute Gasteiger partial charge is 0.119 e. The molecule has 0 unspecified atom stereocenters. The van der Waals surface area contributed by atoms with Gasteiger partial charge < -0.3 is 4.98 Å². The van der Waals surface area contributed by atoms with Crippen molar-refractivity contribution in [2.24, 2.45) is 0 Å². The first-order valence-electron chi connectivity index (χ1n) is 7.98. The molecule has 0 aliphatic carbocycles. The molecule has 1 aromatic heterocycles. The quantitative estimate of drug-likeness (QED) is 0.512. The summed E-state index contributed by atoms with van der Waals surface area (Å²) in [6.07, 6.45) is 0. The van der Waals surface area contributed by atoms with Crippen LogP contribution in [-0.4, -0.2) is 9.97 Å². The molecule has 0 spiro atoms. The van der Waals surface area contributed by atoms with E-state index in [1.807, 2.05) is 25.1 Å². The van der Waals surface area contributed by atoms with Gasteiger partial charge in [0, 0.05) is 0 Å². The van der Waals surface area contributed by atoms with Crippen LogP contribution in [0.2, 0.25) is 5.02 Å². The molecule has 3 aromatic carbocycles. The first kappa shape index (κ1) is 15.0. The summed E-state index contributed by atoms with van der Waals surface area (Å²) in [6, 6.07) is 24.9. The second-order valence-corrected chi connectivity index (χ2v) is 6.43. The highest BCUT2D eigenvalue weighted by atomic mass is 35.5. The van der Waals surface area contributed by atoms with Crippen LogP contribution < -0.4 is 0 Å². The van der Waals surface area contributed by atoms with Crippen LogP contribution in [-0.2, 0) is 0 Å². The molecule has 0 aliphatic heterocycles. The average molecular weight is 333 g/mol. The number of H-pyrrole nitrogens is 1. The third-order valence-electron chi connectivity index (χ3n) is 4.24. The Kier molecular flexibility index (Phi) is 3.83. The van der Waals surface area contributed by atoms with Gasteiger partial charge in [0.25, 0.3) is 0 Å². The first-order valence-corrected chi connectivity index (χ1v) is 8.36. The molecule has 24 heavy (non-hydrogen) atoms. The van der Waals surface area contributed by atoms with Crippen molar-refractivity contribution in [2.45, 2.75) is 12.8 Å². The standard InChI is InChI=1S/C21H17ClN2/c1-14-12-17(22)20-18(13-14)23-21(24-20)19(15-8-4-2-5-9-15)16-10-6-3-7-11-16/h2-13,19H,1H3,(H,23,24). The van der Waals surface area contributed by atoms with Crippen LogP contribution in [0.5, 0.6) is 0 Å². The third-order valence-corrected chi connectivity index (χ3v) is 4.53. The highest BCUT2D eigenvalue weighted by molar-refractivity contribution is 6.35. The van der Waals surface area contributed by atoms with Crippen molar-refractivity contribution in [3.8, 4) is 0 Å². The molecule has 0 fully saturated rings. The molecule has 0 radical (unpaired) electrons. The molecule has 0 bridgehead atoms. The molecule has 1 N–H and O–H groups in total. The Morgan fingerprint density at radius 2 is 1.46 bits per heavy atom. The van der Waals surface area contributed by atoms with E-state index in [9.17, 15) is 0 Å². The van der Waals surface area contributed by atoms with Crippen molar-refractivity contribution in [3.05, 3.63) is 100 Å². The predicted molar refractivity (Wildman–Crippen MR) is 99.7 cm³/mol. The fourth-order valence-corrected chi connectivity index (χ4v) is 3.48. The van der Waals surface area contributed by atoms with E-state index in [-0.39, 0.29) is 5.92 Å².